The number of aromatic amines is 1. The molecule has 0 radical (unpaired) electrons. The molecule has 3 aromatic rings. The standard InChI is InChI=1S/C19H14Cl4N4O2/c1-9(2)19(29)24-11-3-4-12(21)15(7-11)25-16-8-17(28)27(26-16)18-13(22)5-10(20)6-14(18)23/h3-8,25-26H,1H2,2H3,(H,24,29). The fraction of sp³-hybridized carbons (Fsp3) is 0.0526. The maximum absolute atomic E-state index is 12.4. The molecule has 0 atom stereocenters. The number of aromatic nitrogens is 2. The lowest BCUT2D eigenvalue weighted by molar-refractivity contribution is -0.112. The third kappa shape index (κ3) is 4.79. The number of benzene rings is 2. The van der Waals surface area contributed by atoms with Gasteiger partial charge in [-0.2, -0.15) is 0 Å². The Morgan fingerprint density at radius 1 is 1.03 bits per heavy atom. The summed E-state index contributed by atoms with van der Waals surface area (Å²) in [6.07, 6.45) is 0. The molecule has 0 bridgehead atoms. The van der Waals surface area contributed by atoms with Crippen LogP contribution in [0.4, 0.5) is 17.2 Å². The van der Waals surface area contributed by atoms with Gasteiger partial charge in [0.1, 0.15) is 11.5 Å². The molecular formula is C19H14Cl4N4O2. The van der Waals surface area contributed by atoms with Gasteiger partial charge < -0.3 is 10.6 Å². The first-order valence-corrected chi connectivity index (χ1v) is 9.67. The fourth-order valence-electron chi connectivity index (χ4n) is 2.46. The van der Waals surface area contributed by atoms with Crippen LogP contribution in [0.2, 0.25) is 20.1 Å². The van der Waals surface area contributed by atoms with Gasteiger partial charge in [-0.3, -0.25) is 14.7 Å². The quantitative estimate of drug-likeness (QED) is 0.397. The molecular weight excluding hydrogens is 458 g/mol. The van der Waals surface area contributed by atoms with Crippen molar-refractivity contribution in [3.63, 3.8) is 0 Å². The van der Waals surface area contributed by atoms with E-state index in [1.807, 2.05) is 0 Å². The van der Waals surface area contributed by atoms with E-state index in [9.17, 15) is 9.59 Å². The number of hydrogen-bond donors (Lipinski definition) is 3. The molecule has 0 saturated carbocycles. The minimum atomic E-state index is -0.401. The van der Waals surface area contributed by atoms with E-state index in [0.29, 0.717) is 32.8 Å². The number of amides is 1. The highest BCUT2D eigenvalue weighted by Gasteiger charge is 2.15. The Morgan fingerprint density at radius 3 is 2.31 bits per heavy atom. The number of carbonyl (C=O) groups is 1. The maximum Gasteiger partial charge on any atom is 0.273 e. The van der Waals surface area contributed by atoms with E-state index in [1.165, 1.54) is 22.9 Å². The number of hydrogen-bond acceptors (Lipinski definition) is 3. The Morgan fingerprint density at radius 2 is 1.69 bits per heavy atom. The molecule has 29 heavy (non-hydrogen) atoms. The molecule has 1 aromatic heterocycles. The number of H-pyrrole nitrogens is 1. The summed E-state index contributed by atoms with van der Waals surface area (Å²) >= 11 is 24.5. The Labute approximate surface area is 186 Å². The van der Waals surface area contributed by atoms with Crippen LogP contribution in [0.1, 0.15) is 6.92 Å². The van der Waals surface area contributed by atoms with Gasteiger partial charge >= 0.3 is 0 Å². The number of halogens is 4. The average Bonchev–Trinajstić information content (AvgIpc) is 2.97. The second-order valence-electron chi connectivity index (χ2n) is 6.12. The Bertz CT molecular complexity index is 1160. The van der Waals surface area contributed by atoms with E-state index in [2.05, 4.69) is 22.3 Å². The van der Waals surface area contributed by atoms with Gasteiger partial charge in [-0.1, -0.05) is 53.0 Å². The summed E-state index contributed by atoms with van der Waals surface area (Å²) in [5.74, 6) is 0.0206. The van der Waals surface area contributed by atoms with Crippen LogP contribution in [-0.4, -0.2) is 15.7 Å². The molecule has 0 aliphatic heterocycles. The summed E-state index contributed by atoms with van der Waals surface area (Å²) in [6.45, 7) is 5.20. The summed E-state index contributed by atoms with van der Waals surface area (Å²) in [4.78, 5) is 24.2. The molecule has 10 heteroatoms. The van der Waals surface area contributed by atoms with Gasteiger partial charge in [0.15, 0.2) is 0 Å². The van der Waals surface area contributed by atoms with Gasteiger partial charge in [0.2, 0.25) is 0 Å². The lowest BCUT2D eigenvalue weighted by Gasteiger charge is -2.11. The van der Waals surface area contributed by atoms with Crippen LogP contribution < -0.4 is 16.2 Å². The third-order valence-corrected chi connectivity index (χ3v) is 4.93. The molecule has 1 amide bonds. The van der Waals surface area contributed by atoms with Gasteiger partial charge in [-0.05, 0) is 37.3 Å². The van der Waals surface area contributed by atoms with Crippen LogP contribution in [0.15, 0.2) is 53.3 Å². The lowest BCUT2D eigenvalue weighted by Crippen LogP contribution is -2.14. The third-order valence-electron chi connectivity index (χ3n) is 3.81. The molecule has 3 rings (SSSR count). The molecule has 150 valence electrons. The first kappa shape index (κ1) is 21.3. The monoisotopic (exact) mass is 470 g/mol. The van der Waals surface area contributed by atoms with Crippen molar-refractivity contribution in [2.75, 3.05) is 10.6 Å². The number of rotatable bonds is 5. The van der Waals surface area contributed by atoms with E-state index >= 15 is 0 Å². The molecule has 0 unspecified atom stereocenters. The summed E-state index contributed by atoms with van der Waals surface area (Å²) in [7, 11) is 0. The smallest absolute Gasteiger partial charge is 0.273 e. The van der Waals surface area contributed by atoms with Gasteiger partial charge in [0, 0.05) is 22.3 Å². The largest absolute Gasteiger partial charge is 0.339 e. The molecule has 0 spiro atoms. The lowest BCUT2D eigenvalue weighted by atomic mass is 10.2. The van der Waals surface area contributed by atoms with E-state index in [1.54, 1.807) is 25.1 Å². The van der Waals surface area contributed by atoms with Crippen molar-refractivity contribution in [3.8, 4) is 5.69 Å². The Balaban J connectivity index is 1.93. The minimum absolute atomic E-state index is 0.209. The van der Waals surface area contributed by atoms with Crippen LogP contribution in [0.5, 0.6) is 0 Å². The molecule has 0 fully saturated rings. The predicted molar refractivity (Wildman–Crippen MR) is 120 cm³/mol. The average molecular weight is 472 g/mol. The first-order chi connectivity index (χ1) is 13.7. The second kappa shape index (κ2) is 8.55. The number of anilines is 3. The summed E-state index contributed by atoms with van der Waals surface area (Å²) in [5, 5.41) is 9.72. The van der Waals surface area contributed by atoms with Gasteiger partial charge in [0.05, 0.1) is 20.8 Å². The Hall–Kier alpha value is -2.38. The van der Waals surface area contributed by atoms with Crippen LogP contribution in [0, 0.1) is 0 Å². The van der Waals surface area contributed by atoms with Crippen LogP contribution in [0.3, 0.4) is 0 Å². The van der Waals surface area contributed by atoms with E-state index < -0.39 is 5.56 Å². The second-order valence-corrected chi connectivity index (χ2v) is 7.77. The zero-order valence-corrected chi connectivity index (χ0v) is 18.0. The van der Waals surface area contributed by atoms with Gasteiger partial charge in [-0.15, -0.1) is 0 Å². The molecule has 2 aromatic carbocycles. The SMILES string of the molecule is C=C(C)C(=O)Nc1ccc(Cl)c(Nc2cc(=O)n(-c3c(Cl)cc(Cl)cc3Cl)[nH]2)c1. The number of carbonyl (C=O) groups excluding carboxylic acids is 1. The highest BCUT2D eigenvalue weighted by atomic mass is 35.5. The highest BCUT2D eigenvalue weighted by molar-refractivity contribution is 6.40. The van der Waals surface area contributed by atoms with Crippen molar-refractivity contribution in [3.05, 3.63) is 79.0 Å². The predicted octanol–water partition coefficient (Wildman–Crippen LogP) is 6.04. The first-order valence-electron chi connectivity index (χ1n) is 8.16. The molecule has 1 heterocycles. The maximum atomic E-state index is 12.4. The van der Waals surface area contributed by atoms with Crippen molar-refractivity contribution in [1.82, 2.24) is 9.78 Å². The molecule has 3 N–H and O–H groups in total. The number of nitrogens with zero attached hydrogens (tertiary/aromatic N) is 1. The van der Waals surface area contributed by atoms with Crippen LogP contribution >= 0.6 is 46.4 Å². The van der Waals surface area contributed by atoms with Crippen LogP contribution in [-0.2, 0) is 4.79 Å². The van der Waals surface area contributed by atoms with Crippen molar-refractivity contribution in [1.29, 1.82) is 0 Å². The zero-order valence-electron chi connectivity index (χ0n) is 14.9. The van der Waals surface area contributed by atoms with Gasteiger partial charge in [0.25, 0.3) is 11.5 Å². The summed E-state index contributed by atoms with van der Waals surface area (Å²) < 4.78 is 1.18. The number of nitrogens with one attached hydrogen (secondary N) is 3. The van der Waals surface area contributed by atoms with E-state index in [4.69, 9.17) is 46.4 Å². The minimum Gasteiger partial charge on any atom is -0.339 e. The van der Waals surface area contributed by atoms with Crippen molar-refractivity contribution < 1.29 is 4.79 Å². The molecule has 0 saturated heterocycles. The zero-order chi connectivity index (χ0) is 21.3. The molecule has 6 nitrogen and oxygen atoms in total. The van der Waals surface area contributed by atoms with Crippen LogP contribution in [0.25, 0.3) is 5.69 Å². The van der Waals surface area contributed by atoms with Crippen molar-refractivity contribution in [2.24, 2.45) is 0 Å². The normalized spacial score (nSPS) is 10.7. The van der Waals surface area contributed by atoms with Gasteiger partial charge in [-0.25, -0.2) is 4.68 Å². The van der Waals surface area contributed by atoms with E-state index in [-0.39, 0.29) is 21.6 Å². The molecule has 0 aliphatic rings. The fourth-order valence-corrected chi connectivity index (χ4v) is 3.61. The highest BCUT2D eigenvalue weighted by Crippen LogP contribution is 2.32. The Kier molecular flexibility index (Phi) is 6.29. The van der Waals surface area contributed by atoms with E-state index in [0.717, 1.165) is 0 Å². The topological polar surface area (TPSA) is 78.9 Å². The summed E-state index contributed by atoms with van der Waals surface area (Å²) in [6, 6.07) is 9.16. The van der Waals surface area contributed by atoms with Crippen molar-refractivity contribution >= 4 is 69.5 Å². The van der Waals surface area contributed by atoms with Crippen molar-refractivity contribution in [2.45, 2.75) is 6.92 Å². The molecule has 0 aliphatic carbocycles. The summed E-state index contributed by atoms with van der Waals surface area (Å²) in [5.41, 5.74) is 1.21.